The van der Waals surface area contributed by atoms with Crippen LogP contribution in [0.3, 0.4) is 0 Å². The smallest absolute Gasteiger partial charge is 0.185 e. The highest BCUT2D eigenvalue weighted by atomic mass is 19.1. The molecule has 2 nitrogen and oxygen atoms in total. The normalized spacial score (nSPS) is 10.5. The van der Waals surface area contributed by atoms with Gasteiger partial charge in [-0.2, -0.15) is 0 Å². The van der Waals surface area contributed by atoms with Gasteiger partial charge in [-0.05, 0) is 29.7 Å². The van der Waals surface area contributed by atoms with Crippen molar-refractivity contribution in [3.05, 3.63) is 65.0 Å². The Labute approximate surface area is 110 Å². The molecule has 2 aromatic rings. The van der Waals surface area contributed by atoms with Crippen molar-refractivity contribution in [3.63, 3.8) is 0 Å². The number of pyridine rings is 1. The van der Waals surface area contributed by atoms with Gasteiger partial charge in [-0.15, -0.1) is 0 Å². The molecule has 0 unspecified atom stereocenters. The molecular weight excluding hydrogens is 248 g/mol. The van der Waals surface area contributed by atoms with Gasteiger partial charge in [0, 0.05) is 18.7 Å². The molecule has 0 N–H and O–H groups in total. The first-order valence-corrected chi connectivity index (χ1v) is 6.03. The highest BCUT2D eigenvalue weighted by molar-refractivity contribution is 5.97. The summed E-state index contributed by atoms with van der Waals surface area (Å²) in [4.78, 5) is 16.2. The van der Waals surface area contributed by atoms with E-state index in [1.807, 2.05) is 13.0 Å². The molecular formula is C15H13F2NO. The fraction of sp³-hybridized carbons (Fsp3) is 0.200. The van der Waals surface area contributed by atoms with Crippen LogP contribution < -0.4 is 0 Å². The Morgan fingerprint density at radius 3 is 2.68 bits per heavy atom. The third kappa shape index (κ3) is 3.02. The Kier molecular flexibility index (Phi) is 4.00. The molecule has 98 valence electrons. The molecule has 0 bridgehead atoms. The van der Waals surface area contributed by atoms with Crippen molar-refractivity contribution in [2.45, 2.75) is 19.8 Å². The van der Waals surface area contributed by atoms with E-state index in [0.717, 1.165) is 17.7 Å². The molecule has 0 atom stereocenters. The minimum absolute atomic E-state index is 0.115. The topological polar surface area (TPSA) is 30.0 Å². The van der Waals surface area contributed by atoms with Crippen LogP contribution in [0, 0.1) is 11.6 Å². The van der Waals surface area contributed by atoms with Crippen molar-refractivity contribution in [2.75, 3.05) is 0 Å². The lowest BCUT2D eigenvalue weighted by molar-refractivity contribution is 0.0986. The third-order valence-corrected chi connectivity index (χ3v) is 2.90. The van der Waals surface area contributed by atoms with E-state index in [9.17, 15) is 13.6 Å². The Morgan fingerprint density at radius 1 is 1.21 bits per heavy atom. The van der Waals surface area contributed by atoms with Crippen LogP contribution in [0.15, 0.2) is 36.5 Å². The van der Waals surface area contributed by atoms with E-state index < -0.39 is 11.6 Å². The first-order chi connectivity index (χ1) is 9.11. The molecule has 1 aromatic heterocycles. The maximum absolute atomic E-state index is 13.5. The molecule has 0 fully saturated rings. The second kappa shape index (κ2) is 5.69. The number of aryl methyl sites for hydroxylation is 1. The van der Waals surface area contributed by atoms with Crippen molar-refractivity contribution < 1.29 is 13.6 Å². The first kappa shape index (κ1) is 13.3. The lowest BCUT2D eigenvalue weighted by Gasteiger charge is -2.06. The number of Topliss-reactive ketones (excluding diaryl/α,β-unsaturated/α-hetero) is 1. The van der Waals surface area contributed by atoms with Gasteiger partial charge >= 0.3 is 0 Å². The van der Waals surface area contributed by atoms with Crippen LogP contribution in [0.2, 0.25) is 0 Å². The summed E-state index contributed by atoms with van der Waals surface area (Å²) in [7, 11) is 0. The number of hydrogen-bond donors (Lipinski definition) is 0. The predicted octanol–water partition coefficient (Wildman–Crippen LogP) is 3.35. The number of aromatic nitrogens is 1. The minimum atomic E-state index is -0.706. The Morgan fingerprint density at radius 2 is 2.00 bits per heavy atom. The molecule has 4 heteroatoms. The zero-order valence-corrected chi connectivity index (χ0v) is 10.5. The highest BCUT2D eigenvalue weighted by Crippen LogP contribution is 2.14. The van der Waals surface area contributed by atoms with Gasteiger partial charge in [0.2, 0.25) is 0 Å². The average molecular weight is 261 g/mol. The van der Waals surface area contributed by atoms with Gasteiger partial charge in [0.1, 0.15) is 17.3 Å². The van der Waals surface area contributed by atoms with Gasteiger partial charge in [0.15, 0.2) is 5.78 Å². The molecule has 19 heavy (non-hydrogen) atoms. The molecule has 0 amide bonds. The van der Waals surface area contributed by atoms with E-state index in [1.54, 1.807) is 6.07 Å². The molecule has 2 rings (SSSR count). The summed E-state index contributed by atoms with van der Waals surface area (Å²) in [6.45, 7) is 1.92. The van der Waals surface area contributed by atoms with Crippen LogP contribution >= 0.6 is 0 Å². The quantitative estimate of drug-likeness (QED) is 0.790. The molecule has 1 heterocycles. The molecule has 0 radical (unpaired) electrons. The van der Waals surface area contributed by atoms with Gasteiger partial charge in [-0.1, -0.05) is 19.1 Å². The number of ketones is 1. The second-order valence-electron chi connectivity index (χ2n) is 4.20. The van der Waals surface area contributed by atoms with Crippen molar-refractivity contribution in [2.24, 2.45) is 0 Å². The predicted molar refractivity (Wildman–Crippen MR) is 68.0 cm³/mol. The van der Waals surface area contributed by atoms with E-state index in [-0.39, 0.29) is 17.8 Å². The maximum Gasteiger partial charge on any atom is 0.185 e. The van der Waals surface area contributed by atoms with Gasteiger partial charge in [0.05, 0.1) is 0 Å². The van der Waals surface area contributed by atoms with Crippen LogP contribution in [0.1, 0.15) is 28.5 Å². The highest BCUT2D eigenvalue weighted by Gasteiger charge is 2.14. The van der Waals surface area contributed by atoms with Crippen LogP contribution in [-0.2, 0) is 12.8 Å². The van der Waals surface area contributed by atoms with E-state index >= 15 is 0 Å². The first-order valence-electron chi connectivity index (χ1n) is 6.03. The summed E-state index contributed by atoms with van der Waals surface area (Å²) in [5.74, 6) is -1.62. The van der Waals surface area contributed by atoms with Crippen molar-refractivity contribution in [1.82, 2.24) is 4.98 Å². The molecule has 0 saturated carbocycles. The number of carbonyl (C=O) groups is 1. The van der Waals surface area contributed by atoms with Crippen LogP contribution in [0.4, 0.5) is 8.78 Å². The average Bonchev–Trinajstić information content (AvgIpc) is 2.41. The lowest BCUT2D eigenvalue weighted by Crippen LogP contribution is -2.10. The number of hydrogen-bond acceptors (Lipinski definition) is 2. The molecule has 0 aliphatic carbocycles. The monoisotopic (exact) mass is 261 g/mol. The van der Waals surface area contributed by atoms with E-state index in [2.05, 4.69) is 4.98 Å². The summed E-state index contributed by atoms with van der Waals surface area (Å²) in [5.41, 5.74) is 1.36. The Balaban J connectivity index is 2.26. The Hall–Kier alpha value is -2.10. The van der Waals surface area contributed by atoms with Gasteiger partial charge in [-0.25, -0.2) is 8.78 Å². The SMILES string of the molecule is CCc1cccnc1C(=O)Cc1ccc(F)cc1F. The number of benzene rings is 1. The molecule has 0 aliphatic heterocycles. The fourth-order valence-electron chi connectivity index (χ4n) is 1.90. The standard InChI is InChI=1S/C15H13F2NO/c1-2-10-4-3-7-18-15(10)14(19)8-11-5-6-12(16)9-13(11)17/h3-7,9H,2,8H2,1H3. The summed E-state index contributed by atoms with van der Waals surface area (Å²) < 4.78 is 26.3. The third-order valence-electron chi connectivity index (χ3n) is 2.90. The summed E-state index contributed by atoms with van der Waals surface area (Å²) in [6.07, 6.45) is 2.10. The Bertz CT molecular complexity index is 611. The van der Waals surface area contributed by atoms with Gasteiger partial charge < -0.3 is 0 Å². The number of carbonyl (C=O) groups excluding carboxylic acids is 1. The summed E-state index contributed by atoms with van der Waals surface area (Å²) in [5, 5.41) is 0. The molecule has 0 spiro atoms. The zero-order valence-electron chi connectivity index (χ0n) is 10.5. The number of nitrogens with zero attached hydrogens (tertiary/aromatic N) is 1. The summed E-state index contributed by atoms with van der Waals surface area (Å²) in [6, 6.07) is 6.79. The molecule has 1 aromatic carbocycles. The minimum Gasteiger partial charge on any atom is -0.292 e. The number of halogens is 2. The molecule has 0 aliphatic rings. The molecule has 0 saturated heterocycles. The van der Waals surface area contributed by atoms with Crippen molar-refractivity contribution in [3.8, 4) is 0 Å². The fourth-order valence-corrected chi connectivity index (χ4v) is 1.90. The van der Waals surface area contributed by atoms with Crippen LogP contribution in [-0.4, -0.2) is 10.8 Å². The largest absolute Gasteiger partial charge is 0.292 e. The maximum atomic E-state index is 13.5. The zero-order chi connectivity index (χ0) is 13.8. The van der Waals surface area contributed by atoms with Crippen LogP contribution in [0.25, 0.3) is 0 Å². The lowest BCUT2D eigenvalue weighted by atomic mass is 10.0. The second-order valence-corrected chi connectivity index (χ2v) is 4.20. The van der Waals surface area contributed by atoms with E-state index in [0.29, 0.717) is 12.1 Å². The summed E-state index contributed by atoms with van der Waals surface area (Å²) >= 11 is 0. The number of rotatable bonds is 4. The van der Waals surface area contributed by atoms with Gasteiger partial charge in [0.25, 0.3) is 0 Å². The van der Waals surface area contributed by atoms with E-state index in [1.165, 1.54) is 12.3 Å². The van der Waals surface area contributed by atoms with Gasteiger partial charge in [-0.3, -0.25) is 9.78 Å². The van der Waals surface area contributed by atoms with Crippen molar-refractivity contribution >= 4 is 5.78 Å². The van der Waals surface area contributed by atoms with E-state index in [4.69, 9.17) is 0 Å². The van der Waals surface area contributed by atoms with Crippen LogP contribution in [0.5, 0.6) is 0 Å². The van der Waals surface area contributed by atoms with Crippen molar-refractivity contribution in [1.29, 1.82) is 0 Å².